The van der Waals surface area contributed by atoms with Crippen molar-refractivity contribution in [2.45, 2.75) is 25.6 Å². The molecule has 0 radical (unpaired) electrons. The number of aryl methyl sites for hydroxylation is 1. The Morgan fingerprint density at radius 1 is 1.44 bits per heavy atom. The van der Waals surface area contributed by atoms with Crippen molar-refractivity contribution in [3.63, 3.8) is 0 Å². The van der Waals surface area contributed by atoms with Crippen LogP contribution in [0.1, 0.15) is 17.5 Å². The van der Waals surface area contributed by atoms with E-state index in [-0.39, 0.29) is 11.3 Å². The Labute approximate surface area is 100 Å². The second-order valence-corrected chi connectivity index (χ2v) is 4.86. The molecule has 1 aliphatic heterocycles. The number of hydrogen-bond donors (Lipinski definition) is 1. The Hall–Kier alpha value is -1.22. The number of carbonyl (C=O) groups excluding carboxylic acids is 1. The van der Waals surface area contributed by atoms with Gasteiger partial charge in [-0.15, -0.1) is 11.6 Å². The Morgan fingerprint density at radius 2 is 2.12 bits per heavy atom. The molecule has 1 saturated heterocycles. The molecule has 1 heterocycles. The van der Waals surface area contributed by atoms with Crippen LogP contribution in [0.3, 0.4) is 0 Å². The lowest BCUT2D eigenvalue weighted by Gasteiger charge is -2.20. The average Bonchev–Trinajstić information content (AvgIpc) is 2.55. The molecule has 0 aromatic heterocycles. The molecule has 2 rings (SSSR count). The van der Waals surface area contributed by atoms with E-state index in [9.17, 15) is 4.79 Å². The topological polar surface area (TPSA) is 46.3 Å². The lowest BCUT2D eigenvalue weighted by Crippen LogP contribution is -2.25. The summed E-state index contributed by atoms with van der Waals surface area (Å²) in [6, 6.07) is 3.88. The van der Waals surface area contributed by atoms with Gasteiger partial charge in [-0.2, -0.15) is 0 Å². The minimum absolute atomic E-state index is 0.0509. The molecule has 4 heteroatoms. The second-order valence-electron chi connectivity index (χ2n) is 4.25. The first-order chi connectivity index (χ1) is 7.50. The van der Waals surface area contributed by atoms with Crippen LogP contribution in [0.2, 0.25) is 0 Å². The van der Waals surface area contributed by atoms with E-state index in [1.165, 1.54) is 0 Å². The van der Waals surface area contributed by atoms with E-state index in [0.717, 1.165) is 16.8 Å². The van der Waals surface area contributed by atoms with Gasteiger partial charge in [0.15, 0.2) is 0 Å². The van der Waals surface area contributed by atoms with Crippen molar-refractivity contribution in [3.8, 4) is 0 Å². The van der Waals surface area contributed by atoms with Crippen molar-refractivity contribution >= 4 is 28.9 Å². The summed E-state index contributed by atoms with van der Waals surface area (Å²) in [4.78, 5) is 13.4. The minimum Gasteiger partial charge on any atom is -0.397 e. The number of nitrogens with zero attached hydrogens (tertiary/aromatic N) is 1. The van der Waals surface area contributed by atoms with Gasteiger partial charge in [0.05, 0.1) is 16.8 Å². The third-order valence-electron chi connectivity index (χ3n) is 3.13. The number of nitrogen functional groups attached to an aromatic ring is 1. The van der Waals surface area contributed by atoms with Crippen LogP contribution in [-0.4, -0.2) is 17.8 Å². The monoisotopic (exact) mass is 238 g/mol. The zero-order chi connectivity index (χ0) is 11.9. The highest BCUT2D eigenvalue weighted by molar-refractivity contribution is 6.24. The Balaban J connectivity index is 2.42. The fourth-order valence-electron chi connectivity index (χ4n) is 1.96. The van der Waals surface area contributed by atoms with E-state index >= 15 is 0 Å². The highest BCUT2D eigenvalue weighted by Crippen LogP contribution is 2.32. The standard InChI is InChI=1S/C12H15ClN2O/c1-7-3-4-10(12(14)8(7)2)15-6-9(13)5-11(15)16/h3-4,9H,5-6,14H2,1-2H3. The van der Waals surface area contributed by atoms with Gasteiger partial charge in [0, 0.05) is 13.0 Å². The maximum atomic E-state index is 11.7. The fraction of sp³-hybridized carbons (Fsp3) is 0.417. The molecule has 3 nitrogen and oxygen atoms in total. The third kappa shape index (κ3) is 1.76. The molecule has 0 saturated carbocycles. The number of carbonyl (C=O) groups is 1. The molecule has 2 N–H and O–H groups in total. The van der Waals surface area contributed by atoms with Gasteiger partial charge in [0.2, 0.25) is 5.91 Å². The summed E-state index contributed by atoms with van der Waals surface area (Å²) in [5, 5.41) is -0.103. The molecule has 16 heavy (non-hydrogen) atoms. The molecule has 1 fully saturated rings. The molecular weight excluding hydrogens is 224 g/mol. The van der Waals surface area contributed by atoms with Gasteiger partial charge in [-0.25, -0.2) is 0 Å². The molecule has 1 unspecified atom stereocenters. The number of benzene rings is 1. The molecule has 1 atom stereocenters. The lowest BCUT2D eigenvalue weighted by atomic mass is 10.1. The Morgan fingerprint density at radius 3 is 2.69 bits per heavy atom. The predicted molar refractivity (Wildman–Crippen MR) is 66.9 cm³/mol. The zero-order valence-corrected chi connectivity index (χ0v) is 10.2. The first-order valence-corrected chi connectivity index (χ1v) is 5.74. The molecule has 0 bridgehead atoms. The molecule has 86 valence electrons. The molecule has 1 aliphatic rings. The SMILES string of the molecule is Cc1ccc(N2CC(Cl)CC2=O)c(N)c1C. The summed E-state index contributed by atoms with van der Waals surface area (Å²) in [7, 11) is 0. The van der Waals surface area contributed by atoms with E-state index < -0.39 is 0 Å². The number of nitrogens with two attached hydrogens (primary N) is 1. The van der Waals surface area contributed by atoms with E-state index in [0.29, 0.717) is 18.7 Å². The maximum Gasteiger partial charge on any atom is 0.228 e. The van der Waals surface area contributed by atoms with Crippen molar-refractivity contribution in [2.24, 2.45) is 0 Å². The van der Waals surface area contributed by atoms with Crippen molar-refractivity contribution in [3.05, 3.63) is 23.3 Å². The number of anilines is 2. The van der Waals surface area contributed by atoms with Crippen LogP contribution in [-0.2, 0) is 4.79 Å². The molecule has 1 amide bonds. The van der Waals surface area contributed by atoms with Gasteiger partial charge in [0.1, 0.15) is 0 Å². The highest BCUT2D eigenvalue weighted by Gasteiger charge is 2.30. The van der Waals surface area contributed by atoms with E-state index in [2.05, 4.69) is 0 Å². The first-order valence-electron chi connectivity index (χ1n) is 5.31. The fourth-order valence-corrected chi connectivity index (χ4v) is 2.23. The van der Waals surface area contributed by atoms with Crippen LogP contribution in [0.25, 0.3) is 0 Å². The van der Waals surface area contributed by atoms with E-state index in [1.54, 1.807) is 4.90 Å². The quantitative estimate of drug-likeness (QED) is 0.603. The smallest absolute Gasteiger partial charge is 0.228 e. The van der Waals surface area contributed by atoms with Gasteiger partial charge >= 0.3 is 0 Å². The molecule has 1 aromatic rings. The predicted octanol–water partition coefficient (Wildman–Crippen LogP) is 2.23. The van der Waals surface area contributed by atoms with Crippen LogP contribution in [0.5, 0.6) is 0 Å². The number of hydrogen-bond acceptors (Lipinski definition) is 2. The van der Waals surface area contributed by atoms with Crippen LogP contribution in [0.15, 0.2) is 12.1 Å². The van der Waals surface area contributed by atoms with Crippen molar-refractivity contribution in [1.29, 1.82) is 0 Å². The summed E-state index contributed by atoms with van der Waals surface area (Å²) in [5.74, 6) is 0.0509. The van der Waals surface area contributed by atoms with Crippen LogP contribution in [0.4, 0.5) is 11.4 Å². The van der Waals surface area contributed by atoms with Gasteiger partial charge in [-0.05, 0) is 31.0 Å². The number of alkyl halides is 1. The number of halogens is 1. The third-order valence-corrected chi connectivity index (χ3v) is 3.42. The first kappa shape index (κ1) is 11.3. The minimum atomic E-state index is -0.103. The van der Waals surface area contributed by atoms with Gasteiger partial charge < -0.3 is 10.6 Å². The Bertz CT molecular complexity index is 445. The summed E-state index contributed by atoms with van der Waals surface area (Å²) < 4.78 is 0. The van der Waals surface area contributed by atoms with E-state index in [4.69, 9.17) is 17.3 Å². The van der Waals surface area contributed by atoms with Crippen molar-refractivity contribution in [1.82, 2.24) is 0 Å². The number of amides is 1. The van der Waals surface area contributed by atoms with Gasteiger partial charge in [-0.3, -0.25) is 4.79 Å². The molecule has 0 aliphatic carbocycles. The van der Waals surface area contributed by atoms with Crippen LogP contribution in [0, 0.1) is 13.8 Å². The maximum absolute atomic E-state index is 11.7. The molecule has 1 aromatic carbocycles. The summed E-state index contributed by atoms with van der Waals surface area (Å²) in [5.41, 5.74) is 9.67. The number of rotatable bonds is 1. The van der Waals surface area contributed by atoms with Gasteiger partial charge in [-0.1, -0.05) is 6.07 Å². The average molecular weight is 239 g/mol. The Kier molecular flexibility index (Phi) is 2.80. The summed E-state index contributed by atoms with van der Waals surface area (Å²) >= 11 is 5.97. The highest BCUT2D eigenvalue weighted by atomic mass is 35.5. The van der Waals surface area contributed by atoms with Gasteiger partial charge in [0.25, 0.3) is 0 Å². The zero-order valence-electron chi connectivity index (χ0n) is 9.46. The normalized spacial score (nSPS) is 20.6. The van der Waals surface area contributed by atoms with Crippen LogP contribution < -0.4 is 10.6 Å². The molecular formula is C12H15ClN2O. The lowest BCUT2D eigenvalue weighted by molar-refractivity contribution is -0.117. The largest absolute Gasteiger partial charge is 0.397 e. The van der Waals surface area contributed by atoms with Crippen molar-refractivity contribution in [2.75, 3.05) is 17.2 Å². The van der Waals surface area contributed by atoms with Crippen LogP contribution >= 0.6 is 11.6 Å². The summed E-state index contributed by atoms with van der Waals surface area (Å²) in [6.45, 7) is 4.52. The van der Waals surface area contributed by atoms with Crippen molar-refractivity contribution < 1.29 is 4.79 Å². The van der Waals surface area contributed by atoms with E-state index in [1.807, 2.05) is 26.0 Å². The summed E-state index contributed by atoms with van der Waals surface area (Å²) in [6.07, 6.45) is 0.397. The molecule has 0 spiro atoms. The second kappa shape index (κ2) is 3.98.